The van der Waals surface area contributed by atoms with E-state index in [-0.39, 0.29) is 24.4 Å². The second kappa shape index (κ2) is 8.37. The molecule has 0 aliphatic heterocycles. The zero-order valence-corrected chi connectivity index (χ0v) is 16.4. The van der Waals surface area contributed by atoms with Gasteiger partial charge in [0.1, 0.15) is 12.0 Å². The molecule has 10 nitrogen and oxygen atoms in total. The fourth-order valence-electron chi connectivity index (χ4n) is 2.96. The molecular weight excluding hydrogens is 388 g/mol. The molecule has 1 aromatic carbocycles. The monoisotopic (exact) mass is 410 g/mol. The van der Waals surface area contributed by atoms with Crippen LogP contribution in [0.4, 0.5) is 5.82 Å². The van der Waals surface area contributed by atoms with E-state index >= 15 is 0 Å². The van der Waals surface area contributed by atoms with Crippen molar-refractivity contribution in [2.75, 3.05) is 12.3 Å². The van der Waals surface area contributed by atoms with E-state index in [4.69, 9.17) is 20.0 Å². The number of aliphatic hydroxyl groups excluding tert-OH is 1. The number of hydrogen-bond donors (Lipinski definition) is 3. The quantitative estimate of drug-likeness (QED) is 0.373. The number of nitrogens with two attached hydrogens (primary N) is 1. The van der Waals surface area contributed by atoms with E-state index in [9.17, 15) is 5.11 Å². The molecule has 4 N–H and O–H groups in total. The number of anilines is 1. The Kier molecular flexibility index (Phi) is 5.48. The standard InChI is InChI=1S/C20H22N6O4/c1-2-3-8-29-19-24-16(21)15-17(25-19)26(20(28)23-15)9-12-4-6-13(7-5-12)18-22-14(10-27)11-30-18/h4-7,11,27H,2-3,8-10H2,1H3,(H,23,28)(H2,21,24,25). The van der Waals surface area contributed by atoms with Gasteiger partial charge in [-0.2, -0.15) is 15.0 Å². The molecule has 4 rings (SSSR count). The summed E-state index contributed by atoms with van der Waals surface area (Å²) < 4.78 is 12.5. The maximum Gasteiger partial charge on any atom is 0.320 e. The molecule has 3 aromatic heterocycles. The zero-order valence-electron chi connectivity index (χ0n) is 16.4. The third-order valence-corrected chi connectivity index (χ3v) is 4.57. The van der Waals surface area contributed by atoms with E-state index in [1.54, 1.807) is 4.57 Å². The summed E-state index contributed by atoms with van der Waals surface area (Å²) >= 11 is 0. The molecule has 0 saturated carbocycles. The molecule has 0 atom stereocenters. The van der Waals surface area contributed by atoms with Crippen molar-refractivity contribution in [3.8, 4) is 23.5 Å². The number of ether oxygens (including phenoxy) is 1. The lowest BCUT2D eigenvalue weighted by molar-refractivity contribution is 0.276. The number of fused-ring (bicyclic) bond motifs is 1. The highest BCUT2D eigenvalue weighted by Crippen LogP contribution is 2.26. The minimum Gasteiger partial charge on any atom is -0.480 e. The lowest BCUT2D eigenvalue weighted by atomic mass is 10.1. The number of nitrogens with zero attached hydrogens (tertiary/aromatic N) is 5. The Morgan fingerprint density at radius 1 is 1.13 bits per heavy atom. The molecule has 156 valence electrons. The van der Waals surface area contributed by atoms with Crippen LogP contribution in [0.15, 0.2) is 34.9 Å². The maximum atomic E-state index is 10.3. The first-order valence-corrected chi connectivity index (χ1v) is 9.59. The van der Waals surface area contributed by atoms with Crippen LogP contribution >= 0.6 is 0 Å². The van der Waals surface area contributed by atoms with Gasteiger partial charge in [0.05, 0.1) is 19.8 Å². The van der Waals surface area contributed by atoms with Gasteiger partial charge in [-0.1, -0.05) is 25.5 Å². The molecule has 0 fully saturated rings. The van der Waals surface area contributed by atoms with Crippen molar-refractivity contribution in [2.24, 2.45) is 0 Å². The topological polar surface area (TPSA) is 145 Å². The van der Waals surface area contributed by atoms with Crippen LogP contribution in [-0.2, 0) is 13.2 Å². The molecule has 0 aliphatic rings. The lowest BCUT2D eigenvalue weighted by Crippen LogP contribution is -2.06. The van der Waals surface area contributed by atoms with Crippen LogP contribution in [0.25, 0.3) is 22.6 Å². The molecule has 4 aromatic rings. The number of aromatic nitrogens is 5. The Bertz CT molecular complexity index is 1150. The van der Waals surface area contributed by atoms with Crippen molar-refractivity contribution in [3.05, 3.63) is 41.8 Å². The largest absolute Gasteiger partial charge is 0.480 e. The Labute approximate surface area is 172 Å². The normalized spacial score (nSPS) is 11.3. The average Bonchev–Trinajstić information content (AvgIpc) is 3.35. The minimum atomic E-state index is -0.207. The number of nitrogen functional groups attached to an aromatic ring is 1. The second-order valence-corrected chi connectivity index (χ2v) is 6.76. The third kappa shape index (κ3) is 3.90. The van der Waals surface area contributed by atoms with E-state index in [2.05, 4.69) is 26.9 Å². The van der Waals surface area contributed by atoms with Gasteiger partial charge in [0, 0.05) is 5.56 Å². The number of aromatic hydroxyl groups is 1. The lowest BCUT2D eigenvalue weighted by Gasteiger charge is -2.08. The van der Waals surface area contributed by atoms with Gasteiger partial charge in [0.2, 0.25) is 5.89 Å². The summed E-state index contributed by atoms with van der Waals surface area (Å²) in [6.45, 7) is 2.69. The highest BCUT2D eigenvalue weighted by atomic mass is 16.5. The zero-order chi connectivity index (χ0) is 21.1. The molecule has 0 unspecified atom stereocenters. The Morgan fingerprint density at radius 2 is 1.93 bits per heavy atom. The second-order valence-electron chi connectivity index (χ2n) is 6.76. The maximum absolute atomic E-state index is 10.3. The molecule has 0 bridgehead atoms. The van der Waals surface area contributed by atoms with E-state index in [0.717, 1.165) is 24.0 Å². The molecular formula is C20H22N6O4. The first-order chi connectivity index (χ1) is 14.6. The Balaban J connectivity index is 1.60. The van der Waals surface area contributed by atoms with Crippen molar-refractivity contribution in [3.63, 3.8) is 0 Å². The first-order valence-electron chi connectivity index (χ1n) is 9.59. The van der Waals surface area contributed by atoms with Gasteiger partial charge in [-0.05, 0) is 24.1 Å². The summed E-state index contributed by atoms with van der Waals surface area (Å²) in [5, 5.41) is 19.4. The summed E-state index contributed by atoms with van der Waals surface area (Å²) in [5.41, 5.74) is 8.84. The molecule has 0 aliphatic carbocycles. The molecule has 0 spiro atoms. The van der Waals surface area contributed by atoms with Gasteiger partial charge < -0.3 is 25.1 Å². The number of unbranched alkanes of at least 4 members (excludes halogenated alkanes) is 1. The summed E-state index contributed by atoms with van der Waals surface area (Å²) in [6.07, 6.45) is 3.28. The average molecular weight is 410 g/mol. The summed E-state index contributed by atoms with van der Waals surface area (Å²) in [4.78, 5) is 16.8. The van der Waals surface area contributed by atoms with Crippen LogP contribution in [0.5, 0.6) is 12.0 Å². The highest BCUT2D eigenvalue weighted by Gasteiger charge is 2.17. The van der Waals surface area contributed by atoms with Gasteiger partial charge in [-0.3, -0.25) is 4.57 Å². The number of oxazole rings is 1. The Morgan fingerprint density at radius 3 is 2.63 bits per heavy atom. The first kappa shape index (κ1) is 19.6. The van der Waals surface area contributed by atoms with E-state index in [1.165, 1.54) is 6.26 Å². The molecule has 0 amide bonds. The smallest absolute Gasteiger partial charge is 0.320 e. The Hall–Kier alpha value is -3.66. The molecule has 10 heteroatoms. The number of imidazole rings is 1. The minimum absolute atomic E-state index is 0.152. The van der Waals surface area contributed by atoms with E-state index in [1.807, 2.05) is 24.3 Å². The van der Waals surface area contributed by atoms with E-state index < -0.39 is 0 Å². The molecule has 3 heterocycles. The number of benzene rings is 1. The van der Waals surface area contributed by atoms with Gasteiger partial charge in [-0.15, -0.1) is 0 Å². The highest BCUT2D eigenvalue weighted by molar-refractivity contribution is 5.83. The van der Waals surface area contributed by atoms with Gasteiger partial charge in [-0.25, -0.2) is 4.98 Å². The summed E-state index contributed by atoms with van der Waals surface area (Å²) in [6, 6.07) is 7.41. The summed E-state index contributed by atoms with van der Waals surface area (Å²) in [7, 11) is 0. The van der Waals surface area contributed by atoms with Crippen LogP contribution in [0.2, 0.25) is 0 Å². The number of rotatable bonds is 8. The molecule has 0 radical (unpaired) electrons. The predicted octanol–water partition coefficient (Wildman–Crippen LogP) is 2.49. The van der Waals surface area contributed by atoms with Crippen LogP contribution < -0.4 is 10.5 Å². The van der Waals surface area contributed by atoms with Crippen molar-refractivity contribution in [1.29, 1.82) is 0 Å². The third-order valence-electron chi connectivity index (χ3n) is 4.57. The molecule has 0 saturated heterocycles. The van der Waals surface area contributed by atoms with Gasteiger partial charge in [0.15, 0.2) is 17.0 Å². The van der Waals surface area contributed by atoms with E-state index in [0.29, 0.717) is 35.9 Å². The van der Waals surface area contributed by atoms with Crippen molar-refractivity contribution >= 4 is 17.0 Å². The number of aliphatic hydroxyl groups is 1. The fourth-order valence-corrected chi connectivity index (χ4v) is 2.96. The predicted molar refractivity (Wildman–Crippen MR) is 109 cm³/mol. The summed E-state index contributed by atoms with van der Waals surface area (Å²) in [5.74, 6) is 0.579. The van der Waals surface area contributed by atoms with Crippen LogP contribution in [0.1, 0.15) is 31.0 Å². The van der Waals surface area contributed by atoms with Crippen molar-refractivity contribution in [1.82, 2.24) is 24.5 Å². The SMILES string of the molecule is CCCCOc1nc(N)c2nc(O)n(Cc3ccc(-c4nc(CO)co4)cc3)c2n1. The van der Waals surface area contributed by atoms with Crippen LogP contribution in [-0.4, -0.2) is 41.3 Å². The van der Waals surface area contributed by atoms with Crippen LogP contribution in [0, 0.1) is 0 Å². The number of hydrogen-bond acceptors (Lipinski definition) is 9. The van der Waals surface area contributed by atoms with Gasteiger partial charge in [0.25, 0.3) is 6.01 Å². The van der Waals surface area contributed by atoms with Crippen molar-refractivity contribution in [2.45, 2.75) is 32.9 Å². The van der Waals surface area contributed by atoms with Crippen LogP contribution in [0.3, 0.4) is 0 Å². The van der Waals surface area contributed by atoms with Gasteiger partial charge >= 0.3 is 6.01 Å². The molecule has 30 heavy (non-hydrogen) atoms. The fraction of sp³-hybridized carbons (Fsp3) is 0.300. The van der Waals surface area contributed by atoms with Crippen molar-refractivity contribution < 1.29 is 19.4 Å².